The van der Waals surface area contributed by atoms with E-state index in [0.717, 1.165) is 31.4 Å². The maximum atomic E-state index is 12.2. The van der Waals surface area contributed by atoms with Crippen LogP contribution in [-0.4, -0.2) is 11.9 Å². The summed E-state index contributed by atoms with van der Waals surface area (Å²) in [6.07, 6.45) is 3.89. The molecule has 3 nitrogen and oxygen atoms in total. The molecule has 1 fully saturated rings. The molecule has 18 heavy (non-hydrogen) atoms. The van der Waals surface area contributed by atoms with E-state index in [0.29, 0.717) is 0 Å². The SMILES string of the molecule is Cc1cc(C)cc(NC(=O)C2CCCC(N)C2)c1. The maximum Gasteiger partial charge on any atom is 0.227 e. The number of benzene rings is 1. The molecule has 3 N–H and O–H groups in total. The molecule has 1 amide bonds. The average molecular weight is 246 g/mol. The summed E-state index contributed by atoms with van der Waals surface area (Å²) in [5.74, 6) is 0.199. The van der Waals surface area contributed by atoms with Crippen molar-refractivity contribution in [3.05, 3.63) is 29.3 Å². The molecule has 3 heteroatoms. The second-order valence-electron chi connectivity index (χ2n) is 5.49. The van der Waals surface area contributed by atoms with E-state index in [1.54, 1.807) is 0 Å². The molecule has 2 atom stereocenters. The molecule has 1 aromatic carbocycles. The van der Waals surface area contributed by atoms with E-state index < -0.39 is 0 Å². The van der Waals surface area contributed by atoms with Gasteiger partial charge >= 0.3 is 0 Å². The smallest absolute Gasteiger partial charge is 0.227 e. The summed E-state index contributed by atoms with van der Waals surface area (Å²) in [6.45, 7) is 4.08. The highest BCUT2D eigenvalue weighted by Crippen LogP contribution is 2.25. The molecule has 0 aromatic heterocycles. The number of carbonyl (C=O) groups is 1. The van der Waals surface area contributed by atoms with Crippen molar-refractivity contribution >= 4 is 11.6 Å². The van der Waals surface area contributed by atoms with Crippen molar-refractivity contribution in [2.45, 2.75) is 45.6 Å². The molecule has 0 aliphatic heterocycles. The van der Waals surface area contributed by atoms with Crippen molar-refractivity contribution in [2.24, 2.45) is 11.7 Å². The fourth-order valence-corrected chi connectivity index (χ4v) is 2.76. The molecule has 2 unspecified atom stereocenters. The largest absolute Gasteiger partial charge is 0.328 e. The highest BCUT2D eigenvalue weighted by atomic mass is 16.1. The van der Waals surface area contributed by atoms with Crippen LogP contribution in [0.25, 0.3) is 0 Å². The van der Waals surface area contributed by atoms with Crippen LogP contribution in [-0.2, 0) is 4.79 Å². The molecular weight excluding hydrogens is 224 g/mol. The van der Waals surface area contributed by atoms with Crippen LogP contribution in [0.1, 0.15) is 36.8 Å². The number of hydrogen-bond acceptors (Lipinski definition) is 2. The van der Waals surface area contributed by atoms with Gasteiger partial charge in [-0.1, -0.05) is 12.5 Å². The second kappa shape index (κ2) is 5.53. The van der Waals surface area contributed by atoms with Gasteiger partial charge in [0.25, 0.3) is 0 Å². The Labute approximate surface area is 109 Å². The zero-order valence-electron chi connectivity index (χ0n) is 11.2. The van der Waals surface area contributed by atoms with E-state index in [9.17, 15) is 4.79 Å². The van der Waals surface area contributed by atoms with Gasteiger partial charge < -0.3 is 11.1 Å². The van der Waals surface area contributed by atoms with E-state index in [4.69, 9.17) is 5.73 Å². The molecule has 1 aliphatic rings. The fourth-order valence-electron chi connectivity index (χ4n) is 2.76. The molecule has 2 rings (SSSR count). The van der Waals surface area contributed by atoms with Gasteiger partial charge in [-0.05, 0) is 56.4 Å². The Bertz CT molecular complexity index is 422. The summed E-state index contributed by atoms with van der Waals surface area (Å²) in [5.41, 5.74) is 9.17. The molecule has 1 saturated carbocycles. The van der Waals surface area contributed by atoms with E-state index in [-0.39, 0.29) is 17.9 Å². The maximum absolute atomic E-state index is 12.2. The minimum atomic E-state index is 0.0783. The van der Waals surface area contributed by atoms with E-state index in [2.05, 4.69) is 11.4 Å². The number of aryl methyl sites for hydroxylation is 2. The van der Waals surface area contributed by atoms with Crippen molar-refractivity contribution in [3.8, 4) is 0 Å². The Morgan fingerprint density at radius 1 is 1.22 bits per heavy atom. The summed E-state index contributed by atoms with van der Waals surface area (Å²) in [4.78, 5) is 12.2. The predicted molar refractivity (Wildman–Crippen MR) is 74.5 cm³/mol. The van der Waals surface area contributed by atoms with Crippen molar-refractivity contribution in [1.82, 2.24) is 0 Å². The number of nitrogens with two attached hydrogens (primary N) is 1. The standard InChI is InChI=1S/C15H22N2O/c1-10-6-11(2)8-14(7-10)17-15(18)12-4-3-5-13(16)9-12/h6-8,12-13H,3-5,9,16H2,1-2H3,(H,17,18). The Morgan fingerprint density at radius 2 is 1.89 bits per heavy atom. The lowest BCUT2D eigenvalue weighted by molar-refractivity contribution is -0.120. The lowest BCUT2D eigenvalue weighted by Gasteiger charge is -2.25. The van der Waals surface area contributed by atoms with Gasteiger partial charge in [-0.15, -0.1) is 0 Å². The third-order valence-corrected chi connectivity index (χ3v) is 3.57. The van der Waals surface area contributed by atoms with E-state index in [1.807, 2.05) is 26.0 Å². The minimum Gasteiger partial charge on any atom is -0.328 e. The topological polar surface area (TPSA) is 55.1 Å². The van der Waals surface area contributed by atoms with Crippen molar-refractivity contribution < 1.29 is 4.79 Å². The van der Waals surface area contributed by atoms with Gasteiger partial charge in [-0.2, -0.15) is 0 Å². The van der Waals surface area contributed by atoms with Crippen LogP contribution in [0.5, 0.6) is 0 Å². The van der Waals surface area contributed by atoms with Crippen LogP contribution < -0.4 is 11.1 Å². The van der Waals surface area contributed by atoms with Gasteiger partial charge in [0.2, 0.25) is 5.91 Å². The van der Waals surface area contributed by atoms with Gasteiger partial charge in [0.05, 0.1) is 0 Å². The summed E-state index contributed by atoms with van der Waals surface area (Å²) in [6, 6.07) is 6.31. The molecule has 0 radical (unpaired) electrons. The van der Waals surface area contributed by atoms with Gasteiger partial charge in [0.15, 0.2) is 0 Å². The number of amides is 1. The van der Waals surface area contributed by atoms with Crippen LogP contribution in [0.2, 0.25) is 0 Å². The van der Waals surface area contributed by atoms with Crippen LogP contribution in [0, 0.1) is 19.8 Å². The summed E-state index contributed by atoms with van der Waals surface area (Å²) < 4.78 is 0. The highest BCUT2D eigenvalue weighted by Gasteiger charge is 2.25. The number of rotatable bonds is 2. The first-order valence-electron chi connectivity index (χ1n) is 6.69. The zero-order valence-corrected chi connectivity index (χ0v) is 11.2. The molecule has 0 heterocycles. The molecule has 1 aliphatic carbocycles. The van der Waals surface area contributed by atoms with Crippen molar-refractivity contribution in [2.75, 3.05) is 5.32 Å². The first kappa shape index (κ1) is 13.1. The zero-order chi connectivity index (χ0) is 13.1. The van der Waals surface area contributed by atoms with Gasteiger partial charge in [0, 0.05) is 17.6 Å². The van der Waals surface area contributed by atoms with E-state index >= 15 is 0 Å². The first-order chi connectivity index (χ1) is 8.54. The van der Waals surface area contributed by atoms with Crippen molar-refractivity contribution in [3.63, 3.8) is 0 Å². The Kier molecular flexibility index (Phi) is 4.02. The molecule has 0 spiro atoms. The third-order valence-electron chi connectivity index (χ3n) is 3.57. The van der Waals surface area contributed by atoms with Crippen LogP contribution >= 0.6 is 0 Å². The Morgan fingerprint density at radius 3 is 2.50 bits per heavy atom. The Balaban J connectivity index is 2.02. The lowest BCUT2D eigenvalue weighted by Crippen LogP contribution is -2.34. The summed E-state index contributed by atoms with van der Waals surface area (Å²) in [7, 11) is 0. The van der Waals surface area contributed by atoms with Crippen LogP contribution in [0.3, 0.4) is 0 Å². The van der Waals surface area contributed by atoms with Crippen LogP contribution in [0.15, 0.2) is 18.2 Å². The van der Waals surface area contributed by atoms with Gasteiger partial charge in [-0.25, -0.2) is 0 Å². The lowest BCUT2D eigenvalue weighted by atomic mass is 9.85. The first-order valence-corrected chi connectivity index (χ1v) is 6.69. The quantitative estimate of drug-likeness (QED) is 0.843. The van der Waals surface area contributed by atoms with Gasteiger partial charge in [0.1, 0.15) is 0 Å². The molecule has 1 aromatic rings. The van der Waals surface area contributed by atoms with Gasteiger partial charge in [-0.3, -0.25) is 4.79 Å². The monoisotopic (exact) mass is 246 g/mol. The number of hydrogen-bond donors (Lipinski definition) is 2. The fraction of sp³-hybridized carbons (Fsp3) is 0.533. The molecule has 98 valence electrons. The number of anilines is 1. The third kappa shape index (κ3) is 3.33. The van der Waals surface area contributed by atoms with Crippen molar-refractivity contribution in [1.29, 1.82) is 0 Å². The van der Waals surface area contributed by atoms with E-state index in [1.165, 1.54) is 11.1 Å². The average Bonchev–Trinajstić information content (AvgIpc) is 2.27. The summed E-state index contributed by atoms with van der Waals surface area (Å²) in [5, 5.41) is 3.02. The Hall–Kier alpha value is -1.35. The number of carbonyl (C=O) groups excluding carboxylic acids is 1. The number of nitrogens with one attached hydrogen (secondary N) is 1. The summed E-state index contributed by atoms with van der Waals surface area (Å²) >= 11 is 0. The minimum absolute atomic E-state index is 0.0783. The second-order valence-corrected chi connectivity index (χ2v) is 5.49. The van der Waals surface area contributed by atoms with Crippen LogP contribution in [0.4, 0.5) is 5.69 Å². The predicted octanol–water partition coefficient (Wildman–Crippen LogP) is 2.76. The normalized spacial score (nSPS) is 23.7. The molecule has 0 saturated heterocycles. The molecular formula is C15H22N2O. The molecule has 0 bridgehead atoms. The highest BCUT2D eigenvalue weighted by molar-refractivity contribution is 5.92.